The van der Waals surface area contributed by atoms with Crippen molar-refractivity contribution in [2.24, 2.45) is 4.99 Å². The highest BCUT2D eigenvalue weighted by Gasteiger charge is 2.10. The van der Waals surface area contributed by atoms with Crippen molar-refractivity contribution in [3.05, 3.63) is 65.5 Å². The van der Waals surface area contributed by atoms with Crippen LogP contribution >= 0.6 is 34.9 Å². The summed E-state index contributed by atoms with van der Waals surface area (Å²) in [6.07, 6.45) is 3.89. The lowest BCUT2D eigenvalue weighted by Crippen LogP contribution is -2.16. The number of benzene rings is 2. The van der Waals surface area contributed by atoms with Crippen molar-refractivity contribution in [1.29, 1.82) is 0 Å². The Morgan fingerprint density at radius 1 is 1.22 bits per heavy atom. The number of rotatable bonds is 6. The van der Waals surface area contributed by atoms with Crippen molar-refractivity contribution in [2.75, 3.05) is 6.26 Å². The van der Waals surface area contributed by atoms with E-state index in [9.17, 15) is 4.79 Å². The number of thiazole rings is 1. The maximum atomic E-state index is 12.7. The van der Waals surface area contributed by atoms with Gasteiger partial charge in [0.05, 0.1) is 10.2 Å². The summed E-state index contributed by atoms with van der Waals surface area (Å²) in [6.45, 7) is 8.77. The van der Waals surface area contributed by atoms with Crippen LogP contribution in [0, 0.1) is 0 Å². The molecule has 0 saturated heterocycles. The highest BCUT2D eigenvalue weighted by Crippen LogP contribution is 2.25. The number of hydrogen-bond donors (Lipinski definition) is 0. The summed E-state index contributed by atoms with van der Waals surface area (Å²) in [7, 11) is 0. The van der Waals surface area contributed by atoms with E-state index in [2.05, 4.69) is 49.9 Å². The molecule has 0 radical (unpaired) electrons. The molecule has 1 amide bonds. The maximum absolute atomic E-state index is 12.7. The molecule has 0 spiro atoms. The van der Waals surface area contributed by atoms with Crippen LogP contribution in [0.2, 0.25) is 0 Å². The standard InChI is InChI=1S/C21H22N2OS3/c1-5-12-23-18-11-10-17(25-4)13-19(18)27-21(23)22-20(24)15-6-8-16(9-7-15)26-14(2)3/h5-11,13-14H,1,12H2,2-4H3. The van der Waals surface area contributed by atoms with Crippen LogP contribution in [0.1, 0.15) is 24.2 Å². The van der Waals surface area contributed by atoms with E-state index in [1.165, 1.54) is 16.2 Å². The minimum Gasteiger partial charge on any atom is -0.312 e. The normalized spacial score (nSPS) is 12.1. The van der Waals surface area contributed by atoms with E-state index in [1.54, 1.807) is 23.5 Å². The minimum absolute atomic E-state index is 0.217. The second-order valence-corrected chi connectivity index (χ2v) is 9.76. The molecule has 0 aliphatic carbocycles. The summed E-state index contributed by atoms with van der Waals surface area (Å²) in [5, 5.41) is 0.513. The average molecular weight is 415 g/mol. The zero-order valence-corrected chi connectivity index (χ0v) is 18.1. The van der Waals surface area contributed by atoms with Crippen molar-refractivity contribution in [3.8, 4) is 0 Å². The van der Waals surface area contributed by atoms with Crippen LogP contribution in [0.4, 0.5) is 0 Å². The van der Waals surface area contributed by atoms with E-state index >= 15 is 0 Å². The monoisotopic (exact) mass is 414 g/mol. The van der Waals surface area contributed by atoms with Crippen molar-refractivity contribution < 1.29 is 4.79 Å². The van der Waals surface area contributed by atoms with E-state index < -0.39 is 0 Å². The molecule has 2 aromatic carbocycles. The number of thioether (sulfide) groups is 2. The Hall–Kier alpha value is -1.76. The molecule has 0 unspecified atom stereocenters. The van der Waals surface area contributed by atoms with E-state index in [-0.39, 0.29) is 5.91 Å². The molecule has 3 nitrogen and oxygen atoms in total. The fourth-order valence-corrected chi connectivity index (χ4v) is 5.10. The lowest BCUT2D eigenvalue weighted by atomic mass is 10.2. The van der Waals surface area contributed by atoms with Gasteiger partial charge in [0.2, 0.25) is 0 Å². The molecule has 1 aromatic heterocycles. The third-order valence-electron chi connectivity index (χ3n) is 3.87. The fourth-order valence-electron chi connectivity index (χ4n) is 2.67. The maximum Gasteiger partial charge on any atom is 0.279 e. The van der Waals surface area contributed by atoms with Crippen molar-refractivity contribution >= 4 is 51.0 Å². The molecule has 140 valence electrons. The van der Waals surface area contributed by atoms with Crippen LogP contribution < -0.4 is 4.80 Å². The molecule has 0 saturated carbocycles. The Balaban J connectivity index is 1.99. The molecular weight excluding hydrogens is 392 g/mol. The summed E-state index contributed by atoms with van der Waals surface area (Å²) >= 11 is 5.03. The second-order valence-electron chi connectivity index (χ2n) is 6.23. The quantitative estimate of drug-likeness (QED) is 0.375. The molecule has 3 rings (SSSR count). The average Bonchev–Trinajstić information content (AvgIpc) is 2.98. The van der Waals surface area contributed by atoms with E-state index in [1.807, 2.05) is 34.9 Å². The largest absolute Gasteiger partial charge is 0.312 e. The zero-order valence-electron chi connectivity index (χ0n) is 15.6. The number of aromatic nitrogens is 1. The van der Waals surface area contributed by atoms with Gasteiger partial charge in [0, 0.05) is 27.1 Å². The van der Waals surface area contributed by atoms with Gasteiger partial charge in [0.1, 0.15) is 0 Å². The van der Waals surface area contributed by atoms with Crippen LogP contribution in [0.25, 0.3) is 10.2 Å². The molecular formula is C21H22N2OS3. The Morgan fingerprint density at radius 3 is 2.56 bits per heavy atom. The smallest absolute Gasteiger partial charge is 0.279 e. The number of allylic oxidation sites excluding steroid dienone is 1. The Bertz CT molecular complexity index is 1030. The van der Waals surface area contributed by atoms with Crippen LogP contribution in [0.15, 0.2) is 69.9 Å². The molecule has 27 heavy (non-hydrogen) atoms. The molecule has 0 bridgehead atoms. The lowest BCUT2D eigenvalue weighted by molar-refractivity contribution is 0.0998. The van der Waals surface area contributed by atoms with E-state index in [0.717, 1.165) is 15.1 Å². The molecule has 0 fully saturated rings. The Kier molecular flexibility index (Phi) is 6.63. The van der Waals surface area contributed by atoms with Gasteiger partial charge < -0.3 is 4.57 Å². The van der Waals surface area contributed by atoms with Gasteiger partial charge in [-0.15, -0.1) is 30.1 Å². The highest BCUT2D eigenvalue weighted by molar-refractivity contribution is 8.00. The molecule has 1 heterocycles. The molecule has 0 aliphatic heterocycles. The summed E-state index contributed by atoms with van der Waals surface area (Å²) in [6, 6.07) is 14.0. The van der Waals surface area contributed by atoms with Gasteiger partial charge in [-0.25, -0.2) is 0 Å². The molecule has 0 aliphatic rings. The van der Waals surface area contributed by atoms with E-state index in [4.69, 9.17) is 0 Å². The number of carbonyl (C=O) groups excluding carboxylic acids is 1. The summed E-state index contributed by atoms with van der Waals surface area (Å²) in [5.41, 5.74) is 1.68. The Morgan fingerprint density at radius 2 is 1.93 bits per heavy atom. The van der Waals surface area contributed by atoms with Gasteiger partial charge in [-0.3, -0.25) is 4.79 Å². The van der Waals surface area contributed by atoms with Crippen molar-refractivity contribution in [1.82, 2.24) is 4.57 Å². The van der Waals surface area contributed by atoms with Crippen LogP contribution in [0.5, 0.6) is 0 Å². The number of carbonyl (C=O) groups is 1. The fraction of sp³-hybridized carbons (Fsp3) is 0.238. The molecule has 3 aromatic rings. The first-order valence-electron chi connectivity index (χ1n) is 8.66. The zero-order chi connectivity index (χ0) is 19.4. The minimum atomic E-state index is -0.217. The van der Waals surface area contributed by atoms with Crippen LogP contribution in [-0.4, -0.2) is 22.0 Å². The topological polar surface area (TPSA) is 34.4 Å². The van der Waals surface area contributed by atoms with Gasteiger partial charge in [0.25, 0.3) is 5.91 Å². The number of nitrogens with zero attached hydrogens (tertiary/aromatic N) is 2. The number of amides is 1. The Labute approximate surface area is 172 Å². The first-order chi connectivity index (χ1) is 13.0. The van der Waals surface area contributed by atoms with Gasteiger partial charge in [-0.05, 0) is 48.7 Å². The van der Waals surface area contributed by atoms with Gasteiger partial charge in [-0.1, -0.05) is 31.3 Å². The van der Waals surface area contributed by atoms with Gasteiger partial charge >= 0.3 is 0 Å². The first kappa shape index (κ1) is 20.0. The third-order valence-corrected chi connectivity index (χ3v) is 6.65. The predicted octanol–water partition coefficient (Wildman–Crippen LogP) is 5.85. The summed E-state index contributed by atoms with van der Waals surface area (Å²) < 4.78 is 3.16. The first-order valence-corrected chi connectivity index (χ1v) is 11.6. The van der Waals surface area contributed by atoms with Gasteiger partial charge in [0.15, 0.2) is 4.80 Å². The summed E-state index contributed by atoms with van der Waals surface area (Å²) in [5.74, 6) is -0.217. The molecule has 0 atom stereocenters. The third kappa shape index (κ3) is 4.75. The molecule has 6 heteroatoms. The number of hydrogen-bond acceptors (Lipinski definition) is 4. The predicted molar refractivity (Wildman–Crippen MR) is 119 cm³/mol. The SMILES string of the molecule is C=CCn1c(=NC(=O)c2ccc(SC(C)C)cc2)sc2cc(SC)ccc21. The van der Waals surface area contributed by atoms with Gasteiger partial charge in [-0.2, -0.15) is 4.99 Å². The van der Waals surface area contributed by atoms with Crippen molar-refractivity contribution in [2.45, 2.75) is 35.4 Å². The van der Waals surface area contributed by atoms with E-state index in [0.29, 0.717) is 22.2 Å². The second kappa shape index (κ2) is 8.95. The summed E-state index contributed by atoms with van der Waals surface area (Å²) in [4.78, 5) is 20.2. The van der Waals surface area contributed by atoms with Crippen LogP contribution in [-0.2, 0) is 6.54 Å². The van der Waals surface area contributed by atoms with Crippen molar-refractivity contribution in [3.63, 3.8) is 0 Å². The number of fused-ring (bicyclic) bond motifs is 1. The molecule has 0 N–H and O–H groups in total. The highest BCUT2D eigenvalue weighted by atomic mass is 32.2. The van der Waals surface area contributed by atoms with Crippen LogP contribution in [0.3, 0.4) is 0 Å². The lowest BCUT2D eigenvalue weighted by Gasteiger charge is -2.05.